The van der Waals surface area contributed by atoms with Crippen LogP contribution < -0.4 is 5.32 Å². The largest absolute Gasteiger partial charge is 0.389 e. The van der Waals surface area contributed by atoms with E-state index in [9.17, 15) is 21.6 Å². The van der Waals surface area contributed by atoms with E-state index in [-0.39, 0.29) is 6.42 Å². The van der Waals surface area contributed by atoms with Crippen molar-refractivity contribution in [1.29, 1.82) is 0 Å². The number of sulfonamides is 1. The standard InChI is InChI=1S/C13H25F3N2O2S/c1-11(2)17-10-12-4-7-18(8-5-12)21(19,20)9-3-6-13(14,15)16/h11-12,17H,3-10H2,1-2H3. The van der Waals surface area contributed by atoms with Crippen LogP contribution in [0.3, 0.4) is 0 Å². The molecule has 0 aliphatic carbocycles. The molecule has 0 unspecified atom stereocenters. The smallest absolute Gasteiger partial charge is 0.314 e. The van der Waals surface area contributed by atoms with Crippen LogP contribution in [0.4, 0.5) is 13.2 Å². The van der Waals surface area contributed by atoms with E-state index in [4.69, 9.17) is 0 Å². The SMILES string of the molecule is CC(C)NCC1CCN(S(=O)(=O)CCCC(F)(F)F)CC1. The maximum absolute atomic E-state index is 12.1. The fourth-order valence-electron chi connectivity index (χ4n) is 2.38. The molecule has 1 N–H and O–H groups in total. The lowest BCUT2D eigenvalue weighted by atomic mass is 9.98. The molecule has 4 nitrogen and oxygen atoms in total. The molecule has 1 rings (SSSR count). The summed E-state index contributed by atoms with van der Waals surface area (Å²) in [6, 6.07) is 0.397. The highest BCUT2D eigenvalue weighted by atomic mass is 32.2. The second kappa shape index (κ2) is 7.78. The average Bonchev–Trinajstić information content (AvgIpc) is 2.35. The van der Waals surface area contributed by atoms with Gasteiger partial charge in [-0.05, 0) is 31.7 Å². The molecular weight excluding hydrogens is 305 g/mol. The fourth-order valence-corrected chi connectivity index (χ4v) is 3.91. The van der Waals surface area contributed by atoms with E-state index in [1.165, 1.54) is 4.31 Å². The maximum Gasteiger partial charge on any atom is 0.389 e. The lowest BCUT2D eigenvalue weighted by molar-refractivity contribution is -0.134. The minimum atomic E-state index is -4.29. The van der Waals surface area contributed by atoms with Gasteiger partial charge in [-0.15, -0.1) is 0 Å². The van der Waals surface area contributed by atoms with E-state index in [2.05, 4.69) is 19.2 Å². The molecular formula is C13H25F3N2O2S. The van der Waals surface area contributed by atoms with Gasteiger partial charge in [-0.25, -0.2) is 12.7 Å². The Balaban J connectivity index is 2.35. The zero-order chi connectivity index (χ0) is 16.1. The minimum absolute atomic E-state index is 0.360. The number of hydrogen-bond donors (Lipinski definition) is 1. The molecule has 0 aromatic rings. The van der Waals surface area contributed by atoms with Crippen molar-refractivity contribution in [3.63, 3.8) is 0 Å². The first kappa shape index (κ1) is 18.7. The van der Waals surface area contributed by atoms with Gasteiger partial charge in [0, 0.05) is 25.6 Å². The number of nitrogens with zero attached hydrogens (tertiary/aromatic N) is 1. The summed E-state index contributed by atoms with van der Waals surface area (Å²) >= 11 is 0. The van der Waals surface area contributed by atoms with Crippen LogP contribution in [0.25, 0.3) is 0 Å². The summed E-state index contributed by atoms with van der Waals surface area (Å²) in [7, 11) is -3.55. The highest BCUT2D eigenvalue weighted by molar-refractivity contribution is 7.89. The molecule has 0 aromatic carbocycles. The Morgan fingerprint density at radius 3 is 2.29 bits per heavy atom. The summed E-state index contributed by atoms with van der Waals surface area (Å²) in [6.07, 6.45) is -4.16. The Kier molecular flexibility index (Phi) is 6.93. The molecule has 1 fully saturated rings. The van der Waals surface area contributed by atoms with E-state index in [0.29, 0.717) is 25.0 Å². The van der Waals surface area contributed by atoms with Gasteiger partial charge in [0.05, 0.1) is 5.75 Å². The molecule has 0 spiro atoms. The molecule has 0 radical (unpaired) electrons. The van der Waals surface area contributed by atoms with Gasteiger partial charge in [0.1, 0.15) is 0 Å². The zero-order valence-electron chi connectivity index (χ0n) is 12.6. The van der Waals surface area contributed by atoms with Crippen LogP contribution in [-0.2, 0) is 10.0 Å². The molecule has 0 aromatic heterocycles. The van der Waals surface area contributed by atoms with Crippen molar-refractivity contribution < 1.29 is 21.6 Å². The van der Waals surface area contributed by atoms with E-state index < -0.39 is 28.4 Å². The number of piperidine rings is 1. The summed E-state index contributed by atoms with van der Waals surface area (Å²) in [5.41, 5.74) is 0. The van der Waals surface area contributed by atoms with Crippen molar-refractivity contribution in [2.24, 2.45) is 5.92 Å². The maximum atomic E-state index is 12.1. The van der Waals surface area contributed by atoms with Crippen LogP contribution in [0, 0.1) is 5.92 Å². The third-order valence-corrected chi connectivity index (χ3v) is 5.60. The molecule has 1 heterocycles. The first-order valence-electron chi connectivity index (χ1n) is 7.38. The topological polar surface area (TPSA) is 49.4 Å². The van der Waals surface area contributed by atoms with E-state index >= 15 is 0 Å². The second-order valence-electron chi connectivity index (χ2n) is 5.94. The van der Waals surface area contributed by atoms with Gasteiger partial charge < -0.3 is 5.32 Å². The van der Waals surface area contributed by atoms with Gasteiger partial charge in [-0.1, -0.05) is 13.8 Å². The summed E-state index contributed by atoms with van der Waals surface area (Å²) in [5, 5.41) is 3.33. The van der Waals surface area contributed by atoms with Gasteiger partial charge >= 0.3 is 6.18 Å². The third-order valence-electron chi connectivity index (χ3n) is 3.64. The Bertz CT molecular complexity index is 402. The summed E-state index contributed by atoms with van der Waals surface area (Å²) in [4.78, 5) is 0. The summed E-state index contributed by atoms with van der Waals surface area (Å²) < 4.78 is 61.5. The lowest BCUT2D eigenvalue weighted by Crippen LogP contribution is -2.42. The van der Waals surface area contributed by atoms with Crippen molar-refractivity contribution >= 4 is 10.0 Å². The van der Waals surface area contributed by atoms with Crippen molar-refractivity contribution in [1.82, 2.24) is 9.62 Å². The van der Waals surface area contributed by atoms with Crippen molar-refractivity contribution in [3.8, 4) is 0 Å². The van der Waals surface area contributed by atoms with Crippen molar-refractivity contribution in [2.45, 2.75) is 51.7 Å². The van der Waals surface area contributed by atoms with Crippen LogP contribution in [0.5, 0.6) is 0 Å². The normalized spacial score (nSPS) is 19.3. The number of nitrogens with one attached hydrogen (secondary N) is 1. The van der Waals surface area contributed by atoms with Crippen molar-refractivity contribution in [3.05, 3.63) is 0 Å². The van der Waals surface area contributed by atoms with Crippen molar-refractivity contribution in [2.75, 3.05) is 25.4 Å². The lowest BCUT2D eigenvalue weighted by Gasteiger charge is -2.31. The Morgan fingerprint density at radius 2 is 1.81 bits per heavy atom. The highest BCUT2D eigenvalue weighted by Gasteiger charge is 2.31. The van der Waals surface area contributed by atoms with Crippen LogP contribution in [0.15, 0.2) is 0 Å². The van der Waals surface area contributed by atoms with Gasteiger partial charge in [0.15, 0.2) is 0 Å². The molecule has 21 heavy (non-hydrogen) atoms. The first-order chi connectivity index (χ1) is 9.60. The molecule has 126 valence electrons. The predicted octanol–water partition coefficient (Wildman–Crippen LogP) is 2.37. The van der Waals surface area contributed by atoms with E-state index in [1.54, 1.807) is 0 Å². The molecule has 1 aliphatic rings. The quantitative estimate of drug-likeness (QED) is 0.780. The molecule has 8 heteroatoms. The van der Waals surface area contributed by atoms with Crippen LogP contribution in [-0.4, -0.2) is 50.3 Å². The van der Waals surface area contributed by atoms with E-state index in [1.807, 2.05) is 0 Å². The average molecular weight is 330 g/mol. The number of rotatable bonds is 7. The zero-order valence-corrected chi connectivity index (χ0v) is 13.4. The van der Waals surface area contributed by atoms with Crippen LogP contribution in [0.2, 0.25) is 0 Å². The monoisotopic (exact) mass is 330 g/mol. The van der Waals surface area contributed by atoms with Gasteiger partial charge in [-0.2, -0.15) is 13.2 Å². The summed E-state index contributed by atoms with van der Waals surface area (Å²) in [6.45, 7) is 5.80. The Morgan fingerprint density at radius 1 is 1.24 bits per heavy atom. The van der Waals surface area contributed by atoms with Crippen LogP contribution >= 0.6 is 0 Å². The minimum Gasteiger partial charge on any atom is -0.314 e. The van der Waals surface area contributed by atoms with Gasteiger partial charge in [0.25, 0.3) is 0 Å². The molecule has 0 saturated carbocycles. The molecule has 1 saturated heterocycles. The number of alkyl halides is 3. The highest BCUT2D eigenvalue weighted by Crippen LogP contribution is 2.24. The molecule has 0 bridgehead atoms. The Hall–Kier alpha value is -0.340. The molecule has 0 atom stereocenters. The second-order valence-corrected chi connectivity index (χ2v) is 8.03. The van der Waals surface area contributed by atoms with Gasteiger partial charge in [0.2, 0.25) is 10.0 Å². The summed E-state index contributed by atoms with van der Waals surface area (Å²) in [5.74, 6) is 0.0237. The van der Waals surface area contributed by atoms with Gasteiger partial charge in [-0.3, -0.25) is 0 Å². The molecule has 0 amide bonds. The number of hydrogen-bond acceptors (Lipinski definition) is 3. The third kappa shape index (κ3) is 7.46. The fraction of sp³-hybridized carbons (Fsp3) is 1.00. The number of halogens is 3. The predicted molar refractivity (Wildman–Crippen MR) is 76.5 cm³/mol. The first-order valence-corrected chi connectivity index (χ1v) is 8.99. The molecule has 1 aliphatic heterocycles. The Labute approximate surface area is 125 Å². The van der Waals surface area contributed by atoms with Crippen LogP contribution in [0.1, 0.15) is 39.5 Å². The van der Waals surface area contributed by atoms with E-state index in [0.717, 1.165) is 19.4 Å².